The Labute approximate surface area is 264 Å². The Morgan fingerprint density at radius 1 is 0.652 bits per heavy atom. The van der Waals surface area contributed by atoms with E-state index < -0.39 is 0 Å². The number of anilines is 4. The number of ether oxygens (including phenoxy) is 1. The Balaban J connectivity index is 1.37. The molecule has 0 amide bonds. The van der Waals surface area contributed by atoms with Crippen molar-refractivity contribution in [2.24, 2.45) is 0 Å². The van der Waals surface area contributed by atoms with Crippen LogP contribution in [0.25, 0.3) is 43.9 Å². The van der Waals surface area contributed by atoms with Crippen molar-refractivity contribution < 1.29 is 13.6 Å². The number of fused-ring (bicyclic) bond motifs is 6. The molecule has 0 radical (unpaired) electrons. The number of hydrogen-bond acceptors (Lipinski definition) is 7. The highest BCUT2D eigenvalue weighted by Gasteiger charge is 2.26. The Bertz CT molecular complexity index is 2410. The molecule has 46 heavy (non-hydrogen) atoms. The lowest BCUT2D eigenvalue weighted by molar-refractivity contribution is 0.463. The molecule has 0 fully saturated rings. The highest BCUT2D eigenvalue weighted by molar-refractivity contribution is 6.15. The van der Waals surface area contributed by atoms with Crippen LogP contribution in [0.1, 0.15) is 0 Å². The van der Waals surface area contributed by atoms with Crippen LogP contribution in [0.15, 0.2) is 149 Å². The van der Waals surface area contributed by atoms with Gasteiger partial charge >= 0.3 is 0 Å². The maximum absolute atomic E-state index is 6.68. The zero-order valence-electron chi connectivity index (χ0n) is 25.0. The number of hydrogen-bond donors (Lipinski definition) is 0. The maximum atomic E-state index is 6.68. The average Bonchev–Trinajstić information content (AvgIpc) is 3.81. The molecule has 7 nitrogen and oxygen atoms in total. The van der Waals surface area contributed by atoms with E-state index in [0.717, 1.165) is 73.3 Å². The molecule has 9 rings (SSSR count). The number of para-hydroxylation sites is 3. The van der Waals surface area contributed by atoms with Gasteiger partial charge in [-0.15, -0.1) is 0 Å². The van der Waals surface area contributed by atoms with Crippen molar-refractivity contribution in [3.63, 3.8) is 0 Å². The monoisotopic (exact) mass is 600 g/mol. The molecule has 0 N–H and O–H groups in total. The van der Waals surface area contributed by atoms with E-state index in [2.05, 4.69) is 81.6 Å². The van der Waals surface area contributed by atoms with Crippen molar-refractivity contribution in [1.29, 1.82) is 0 Å². The van der Waals surface area contributed by atoms with E-state index in [-0.39, 0.29) is 0 Å². The molecular formula is C39H28N4O3. The van der Waals surface area contributed by atoms with Gasteiger partial charge in [-0.3, -0.25) is 0 Å². The predicted octanol–water partition coefficient (Wildman–Crippen LogP) is 10.3. The van der Waals surface area contributed by atoms with Crippen molar-refractivity contribution in [2.45, 2.75) is 0 Å². The van der Waals surface area contributed by atoms with Gasteiger partial charge < -0.3 is 28.3 Å². The SMILES string of the molecule is CN1C=CN(c2cc(N(c3ccccc3)c3cc(Oc4ccccn4)cc4c3oc3ccccc34)c3oc4ccccc4c3c2)C1. The third-order valence-electron chi connectivity index (χ3n) is 8.44. The summed E-state index contributed by atoms with van der Waals surface area (Å²) in [6, 6.07) is 40.7. The molecule has 1 aliphatic heterocycles. The number of pyridine rings is 1. The number of benzene rings is 5. The van der Waals surface area contributed by atoms with Gasteiger partial charge in [-0.05, 0) is 48.5 Å². The van der Waals surface area contributed by atoms with Crippen molar-refractivity contribution in [1.82, 2.24) is 9.88 Å². The Morgan fingerprint density at radius 2 is 1.30 bits per heavy atom. The van der Waals surface area contributed by atoms with Crippen molar-refractivity contribution in [3.8, 4) is 11.6 Å². The van der Waals surface area contributed by atoms with Crippen molar-refractivity contribution in [2.75, 3.05) is 23.5 Å². The molecule has 5 aromatic carbocycles. The molecule has 8 aromatic rings. The van der Waals surface area contributed by atoms with Gasteiger partial charge in [0.05, 0.1) is 18.0 Å². The average molecular weight is 601 g/mol. The fraction of sp³-hybridized carbons (Fsp3) is 0.0513. The van der Waals surface area contributed by atoms with Crippen LogP contribution < -0.4 is 14.5 Å². The Kier molecular flexibility index (Phi) is 5.96. The predicted molar refractivity (Wildman–Crippen MR) is 184 cm³/mol. The van der Waals surface area contributed by atoms with Crippen LogP contribution in [0.2, 0.25) is 0 Å². The lowest BCUT2D eigenvalue weighted by atomic mass is 10.1. The second-order valence-corrected chi connectivity index (χ2v) is 11.5. The molecule has 0 saturated heterocycles. The van der Waals surface area contributed by atoms with Gasteiger partial charge in [0.2, 0.25) is 5.88 Å². The third kappa shape index (κ3) is 4.32. The molecule has 0 spiro atoms. The van der Waals surface area contributed by atoms with Crippen molar-refractivity contribution >= 4 is 66.6 Å². The van der Waals surface area contributed by atoms with Crippen LogP contribution in [-0.2, 0) is 0 Å². The summed E-state index contributed by atoms with van der Waals surface area (Å²) in [6.07, 6.45) is 5.92. The smallest absolute Gasteiger partial charge is 0.219 e. The maximum Gasteiger partial charge on any atom is 0.219 e. The van der Waals surface area contributed by atoms with Crippen LogP contribution >= 0.6 is 0 Å². The van der Waals surface area contributed by atoms with Crippen LogP contribution in [0.3, 0.4) is 0 Å². The van der Waals surface area contributed by atoms with E-state index in [1.807, 2.05) is 78.9 Å². The van der Waals surface area contributed by atoms with Crippen molar-refractivity contribution in [3.05, 3.63) is 140 Å². The number of furan rings is 2. The van der Waals surface area contributed by atoms with Crippen LogP contribution in [-0.4, -0.2) is 23.6 Å². The first-order valence-electron chi connectivity index (χ1n) is 15.2. The van der Waals surface area contributed by atoms with E-state index >= 15 is 0 Å². The standard InChI is InChI=1S/C39H28N4O3/c1-41-19-20-42(25-41)27-21-31-29-13-5-7-15-35(29)45-38(31)33(22-27)43(26-11-3-2-4-12-26)34-24-28(44-37-17-9-10-18-40-37)23-32-30-14-6-8-16-36(30)46-39(32)34/h2-24H,25H2,1H3. The summed E-state index contributed by atoms with van der Waals surface area (Å²) in [5.41, 5.74) is 6.87. The van der Waals surface area contributed by atoms with E-state index in [9.17, 15) is 0 Å². The molecule has 3 aromatic heterocycles. The third-order valence-corrected chi connectivity index (χ3v) is 8.44. The van der Waals surface area contributed by atoms with Gasteiger partial charge in [-0.25, -0.2) is 4.98 Å². The van der Waals surface area contributed by atoms with E-state index in [1.54, 1.807) is 6.20 Å². The zero-order chi connectivity index (χ0) is 30.6. The molecule has 0 saturated carbocycles. The summed E-state index contributed by atoms with van der Waals surface area (Å²) in [5, 5.41) is 4.05. The molecular weight excluding hydrogens is 572 g/mol. The molecule has 222 valence electrons. The first-order valence-corrected chi connectivity index (χ1v) is 15.2. The fourth-order valence-corrected chi connectivity index (χ4v) is 6.34. The number of rotatable bonds is 6. The van der Waals surface area contributed by atoms with E-state index in [1.165, 1.54) is 0 Å². The number of aromatic nitrogens is 1. The minimum Gasteiger partial charge on any atom is -0.454 e. The summed E-state index contributed by atoms with van der Waals surface area (Å²) in [5.74, 6) is 1.16. The van der Waals surface area contributed by atoms with Gasteiger partial charge in [0.15, 0.2) is 11.2 Å². The molecule has 0 atom stereocenters. The minimum atomic E-state index is 0.512. The fourth-order valence-electron chi connectivity index (χ4n) is 6.34. The van der Waals surface area contributed by atoms with Crippen LogP contribution in [0.5, 0.6) is 11.6 Å². The summed E-state index contributed by atoms with van der Waals surface area (Å²) in [7, 11) is 2.07. The molecule has 0 unspecified atom stereocenters. The van der Waals surface area contributed by atoms with Crippen LogP contribution in [0.4, 0.5) is 22.7 Å². The molecule has 1 aliphatic rings. The van der Waals surface area contributed by atoms with Gasteiger partial charge in [0.1, 0.15) is 16.9 Å². The summed E-state index contributed by atoms with van der Waals surface area (Å²) < 4.78 is 19.7. The normalized spacial score (nSPS) is 13.1. The lowest BCUT2D eigenvalue weighted by Gasteiger charge is -2.27. The quantitative estimate of drug-likeness (QED) is 0.188. The van der Waals surface area contributed by atoms with Gasteiger partial charge in [-0.2, -0.15) is 0 Å². The first-order chi connectivity index (χ1) is 22.7. The molecule has 0 bridgehead atoms. The topological polar surface area (TPSA) is 58.1 Å². The zero-order valence-corrected chi connectivity index (χ0v) is 25.0. The Morgan fingerprint density at radius 3 is 1.98 bits per heavy atom. The molecule has 4 heterocycles. The second kappa shape index (κ2) is 10.5. The van der Waals surface area contributed by atoms with E-state index in [0.29, 0.717) is 11.6 Å². The molecule has 0 aliphatic carbocycles. The molecule has 7 heteroatoms. The van der Waals surface area contributed by atoms with Gasteiger partial charge in [0.25, 0.3) is 0 Å². The number of nitrogens with zero attached hydrogens (tertiary/aromatic N) is 4. The van der Waals surface area contributed by atoms with Crippen LogP contribution in [0, 0.1) is 0 Å². The highest BCUT2D eigenvalue weighted by Crippen LogP contribution is 2.49. The summed E-state index contributed by atoms with van der Waals surface area (Å²) >= 11 is 0. The largest absolute Gasteiger partial charge is 0.454 e. The van der Waals surface area contributed by atoms with Gasteiger partial charge in [0, 0.05) is 70.7 Å². The minimum absolute atomic E-state index is 0.512. The highest BCUT2D eigenvalue weighted by atomic mass is 16.5. The first kappa shape index (κ1) is 26.2. The second-order valence-electron chi connectivity index (χ2n) is 11.5. The summed E-state index contributed by atoms with van der Waals surface area (Å²) in [6.45, 7) is 0.743. The van der Waals surface area contributed by atoms with E-state index in [4.69, 9.17) is 13.6 Å². The lowest BCUT2D eigenvalue weighted by Crippen LogP contribution is -2.22. The van der Waals surface area contributed by atoms with Gasteiger partial charge in [-0.1, -0.05) is 60.7 Å². The Hall–Kier alpha value is -6.21. The summed E-state index contributed by atoms with van der Waals surface area (Å²) in [4.78, 5) is 11.0.